The number of amides is 1. The van der Waals surface area contributed by atoms with Crippen molar-refractivity contribution in [2.24, 2.45) is 4.99 Å². The third-order valence-corrected chi connectivity index (χ3v) is 6.91. The summed E-state index contributed by atoms with van der Waals surface area (Å²) in [5.74, 6) is 0.997. The van der Waals surface area contributed by atoms with Crippen molar-refractivity contribution in [2.75, 3.05) is 79.1 Å². The molecule has 0 saturated carbocycles. The molecule has 3 heterocycles. The van der Waals surface area contributed by atoms with E-state index >= 15 is 0 Å². The zero-order valence-corrected chi connectivity index (χ0v) is 19.4. The van der Waals surface area contributed by atoms with Crippen molar-refractivity contribution in [3.63, 3.8) is 0 Å². The predicted octanol–water partition coefficient (Wildman–Crippen LogP) is 1.68. The third-order valence-electron chi connectivity index (χ3n) is 6.91. The van der Waals surface area contributed by atoms with Crippen molar-refractivity contribution in [2.45, 2.75) is 51.5 Å². The summed E-state index contributed by atoms with van der Waals surface area (Å²) in [5, 5.41) is 3.50. The zero-order valence-electron chi connectivity index (χ0n) is 19.4. The number of carbonyl (C=O) groups is 1. The Hall–Kier alpha value is -1.54. The fourth-order valence-corrected chi connectivity index (χ4v) is 4.94. The second-order valence-electron chi connectivity index (χ2n) is 8.92. The van der Waals surface area contributed by atoms with Gasteiger partial charge in [0, 0.05) is 38.3 Å². The number of piperazine rings is 1. The average Bonchev–Trinajstić information content (AvgIpc) is 2.79. The number of hydrogen-bond acceptors (Lipinski definition) is 5. The molecule has 3 aliphatic rings. The predicted molar refractivity (Wildman–Crippen MR) is 121 cm³/mol. The number of piperidine rings is 2. The van der Waals surface area contributed by atoms with Crippen LogP contribution in [0.4, 0.5) is 4.79 Å². The Balaban J connectivity index is 1.66. The molecule has 1 amide bonds. The molecule has 8 nitrogen and oxygen atoms in total. The van der Waals surface area contributed by atoms with E-state index in [2.05, 4.69) is 34.0 Å². The molecule has 0 aromatic rings. The van der Waals surface area contributed by atoms with Gasteiger partial charge in [-0.15, -0.1) is 0 Å². The first-order valence-electron chi connectivity index (χ1n) is 12.0. The van der Waals surface area contributed by atoms with Gasteiger partial charge in [-0.25, -0.2) is 4.79 Å². The van der Waals surface area contributed by atoms with Crippen LogP contribution in [0.1, 0.15) is 46.0 Å². The summed E-state index contributed by atoms with van der Waals surface area (Å²) in [6.45, 7) is 13.8. The zero-order chi connectivity index (χ0) is 21.4. The van der Waals surface area contributed by atoms with Crippen molar-refractivity contribution in [1.29, 1.82) is 0 Å². The molecule has 3 saturated heterocycles. The maximum atomic E-state index is 12.0. The maximum absolute atomic E-state index is 12.0. The number of rotatable bonds is 5. The summed E-state index contributed by atoms with van der Waals surface area (Å²) in [4.78, 5) is 26.5. The molecule has 0 atom stereocenters. The molecule has 3 aliphatic heterocycles. The lowest BCUT2D eigenvalue weighted by molar-refractivity contribution is 0.0206. The van der Waals surface area contributed by atoms with Crippen LogP contribution < -0.4 is 5.32 Å². The standard InChI is InChI=1S/C22H42N6O2/c1-4-23-20(26-15-17-27(18-16-26)21(29)30-5-2)24-19-22(9-13-25(3)14-10-22)28-11-7-6-8-12-28/h4-19H2,1-3H3,(H,23,24). The molecule has 0 aromatic heterocycles. The highest BCUT2D eigenvalue weighted by molar-refractivity contribution is 5.80. The topological polar surface area (TPSA) is 63.7 Å². The first-order valence-corrected chi connectivity index (χ1v) is 12.0. The summed E-state index contributed by atoms with van der Waals surface area (Å²) in [5.41, 5.74) is 0.195. The molecule has 3 rings (SSSR count). The van der Waals surface area contributed by atoms with E-state index in [0.717, 1.165) is 45.2 Å². The molecule has 172 valence electrons. The number of ether oxygens (including phenoxy) is 1. The van der Waals surface area contributed by atoms with E-state index in [-0.39, 0.29) is 11.6 Å². The van der Waals surface area contributed by atoms with Crippen LogP contribution in [0.2, 0.25) is 0 Å². The van der Waals surface area contributed by atoms with Crippen LogP contribution in [0.15, 0.2) is 4.99 Å². The van der Waals surface area contributed by atoms with E-state index in [1.165, 1.54) is 45.2 Å². The van der Waals surface area contributed by atoms with E-state index < -0.39 is 0 Å². The van der Waals surface area contributed by atoms with Crippen molar-refractivity contribution in [3.05, 3.63) is 0 Å². The van der Waals surface area contributed by atoms with Gasteiger partial charge in [-0.05, 0) is 72.8 Å². The van der Waals surface area contributed by atoms with Gasteiger partial charge in [0.15, 0.2) is 5.96 Å². The van der Waals surface area contributed by atoms with Crippen LogP contribution in [-0.2, 0) is 4.74 Å². The quantitative estimate of drug-likeness (QED) is 0.537. The molecular formula is C22H42N6O2. The molecule has 3 fully saturated rings. The highest BCUT2D eigenvalue weighted by atomic mass is 16.6. The summed E-state index contributed by atoms with van der Waals surface area (Å²) in [6.07, 6.45) is 6.19. The summed E-state index contributed by atoms with van der Waals surface area (Å²) >= 11 is 0. The molecule has 30 heavy (non-hydrogen) atoms. The minimum atomic E-state index is -0.200. The van der Waals surface area contributed by atoms with E-state index in [0.29, 0.717) is 19.7 Å². The summed E-state index contributed by atoms with van der Waals surface area (Å²) < 4.78 is 5.15. The van der Waals surface area contributed by atoms with Crippen LogP contribution in [0.3, 0.4) is 0 Å². The van der Waals surface area contributed by atoms with Crippen LogP contribution in [-0.4, -0.2) is 116 Å². The largest absolute Gasteiger partial charge is 0.450 e. The highest BCUT2D eigenvalue weighted by Gasteiger charge is 2.39. The minimum absolute atomic E-state index is 0.195. The first kappa shape index (κ1) is 23.1. The Bertz CT molecular complexity index is 562. The fourth-order valence-electron chi connectivity index (χ4n) is 4.94. The molecule has 8 heteroatoms. The molecule has 0 radical (unpaired) electrons. The van der Waals surface area contributed by atoms with Crippen molar-refractivity contribution >= 4 is 12.1 Å². The summed E-state index contributed by atoms with van der Waals surface area (Å²) in [7, 11) is 2.23. The molecule has 0 unspecified atom stereocenters. The Kier molecular flexibility index (Phi) is 8.62. The number of carbonyl (C=O) groups excluding carboxylic acids is 1. The van der Waals surface area contributed by atoms with Gasteiger partial charge in [-0.1, -0.05) is 6.42 Å². The number of nitrogens with zero attached hydrogens (tertiary/aromatic N) is 5. The Morgan fingerprint density at radius 3 is 2.17 bits per heavy atom. The smallest absolute Gasteiger partial charge is 0.409 e. The maximum Gasteiger partial charge on any atom is 0.409 e. The normalized spacial score (nSPS) is 24.0. The van der Waals surface area contributed by atoms with Gasteiger partial charge in [-0.2, -0.15) is 0 Å². The number of guanidine groups is 1. The second kappa shape index (κ2) is 11.2. The molecular weight excluding hydrogens is 380 g/mol. The minimum Gasteiger partial charge on any atom is -0.450 e. The molecule has 0 spiro atoms. The first-order chi connectivity index (χ1) is 14.6. The lowest BCUT2D eigenvalue weighted by Gasteiger charge is -2.49. The van der Waals surface area contributed by atoms with Crippen molar-refractivity contribution < 1.29 is 9.53 Å². The van der Waals surface area contributed by atoms with Gasteiger partial charge in [0.2, 0.25) is 0 Å². The molecule has 0 bridgehead atoms. The monoisotopic (exact) mass is 422 g/mol. The number of nitrogens with one attached hydrogen (secondary N) is 1. The highest BCUT2D eigenvalue weighted by Crippen LogP contribution is 2.31. The Labute approximate surface area is 182 Å². The molecule has 0 aliphatic carbocycles. The van der Waals surface area contributed by atoms with E-state index in [1.54, 1.807) is 4.90 Å². The Morgan fingerprint density at radius 1 is 0.933 bits per heavy atom. The van der Waals surface area contributed by atoms with Crippen LogP contribution in [0, 0.1) is 0 Å². The number of likely N-dealkylation sites (tertiary alicyclic amines) is 2. The lowest BCUT2D eigenvalue weighted by atomic mass is 9.84. The van der Waals surface area contributed by atoms with Crippen LogP contribution in [0.5, 0.6) is 0 Å². The summed E-state index contributed by atoms with van der Waals surface area (Å²) in [6, 6.07) is 0. The van der Waals surface area contributed by atoms with Gasteiger partial charge in [-0.3, -0.25) is 9.89 Å². The Morgan fingerprint density at radius 2 is 1.57 bits per heavy atom. The van der Waals surface area contributed by atoms with Crippen LogP contribution >= 0.6 is 0 Å². The van der Waals surface area contributed by atoms with E-state index in [4.69, 9.17) is 9.73 Å². The van der Waals surface area contributed by atoms with Crippen molar-refractivity contribution in [3.8, 4) is 0 Å². The average molecular weight is 423 g/mol. The lowest BCUT2D eigenvalue weighted by Crippen LogP contribution is -2.59. The fraction of sp³-hybridized carbons (Fsp3) is 0.909. The molecule has 0 aromatic carbocycles. The SMILES string of the molecule is CCNC(=NCC1(N2CCCCC2)CCN(C)CC1)N1CCN(C(=O)OCC)CC1. The molecule has 1 N–H and O–H groups in total. The third kappa shape index (κ3) is 5.78. The van der Waals surface area contributed by atoms with E-state index in [9.17, 15) is 4.79 Å². The van der Waals surface area contributed by atoms with Gasteiger partial charge in [0.05, 0.1) is 13.2 Å². The van der Waals surface area contributed by atoms with Gasteiger partial charge < -0.3 is 24.8 Å². The van der Waals surface area contributed by atoms with Gasteiger partial charge >= 0.3 is 6.09 Å². The van der Waals surface area contributed by atoms with Crippen LogP contribution in [0.25, 0.3) is 0 Å². The van der Waals surface area contributed by atoms with Gasteiger partial charge in [0.1, 0.15) is 0 Å². The number of aliphatic imine (C=N–C) groups is 1. The van der Waals surface area contributed by atoms with E-state index in [1.807, 2.05) is 6.92 Å². The second-order valence-corrected chi connectivity index (χ2v) is 8.92. The van der Waals surface area contributed by atoms with Gasteiger partial charge in [0.25, 0.3) is 0 Å². The number of hydrogen-bond donors (Lipinski definition) is 1. The van der Waals surface area contributed by atoms with Crippen molar-refractivity contribution in [1.82, 2.24) is 24.9 Å².